The average Bonchev–Trinajstić information content (AvgIpc) is 2.46. The number of ether oxygens (including phenoxy) is 1. The van der Waals surface area contributed by atoms with Crippen LogP contribution in [0.1, 0.15) is 13.8 Å². The van der Waals surface area contributed by atoms with Gasteiger partial charge in [-0.2, -0.15) is 10.2 Å². The standard InChI is InChI=1S/C15H15N3O3/c1-11(2)21-15-9-5-13(6-10-15)17-16-12-3-7-14(8-4-12)18(19)20/h3-11H,1-2H3. The molecule has 0 radical (unpaired) electrons. The van der Waals surface area contributed by atoms with Gasteiger partial charge in [0.2, 0.25) is 0 Å². The van der Waals surface area contributed by atoms with E-state index in [1.54, 1.807) is 24.3 Å². The predicted molar refractivity (Wildman–Crippen MR) is 79.5 cm³/mol. The molecule has 0 atom stereocenters. The van der Waals surface area contributed by atoms with E-state index >= 15 is 0 Å². The minimum atomic E-state index is -0.450. The van der Waals surface area contributed by atoms with E-state index in [1.165, 1.54) is 12.1 Å². The second-order valence-electron chi connectivity index (χ2n) is 4.63. The number of nitrogens with zero attached hydrogens (tertiary/aromatic N) is 3. The van der Waals surface area contributed by atoms with Gasteiger partial charge >= 0.3 is 0 Å². The van der Waals surface area contributed by atoms with Crippen LogP contribution in [0.5, 0.6) is 5.75 Å². The van der Waals surface area contributed by atoms with Crippen LogP contribution in [0.2, 0.25) is 0 Å². The first-order valence-electron chi connectivity index (χ1n) is 6.47. The fourth-order valence-corrected chi connectivity index (χ4v) is 1.62. The molecule has 0 aliphatic rings. The van der Waals surface area contributed by atoms with E-state index in [1.807, 2.05) is 26.0 Å². The van der Waals surface area contributed by atoms with Gasteiger partial charge in [0, 0.05) is 12.1 Å². The van der Waals surface area contributed by atoms with E-state index in [2.05, 4.69) is 10.2 Å². The lowest BCUT2D eigenvalue weighted by atomic mass is 10.3. The fraction of sp³-hybridized carbons (Fsp3) is 0.200. The van der Waals surface area contributed by atoms with Gasteiger partial charge in [-0.15, -0.1) is 0 Å². The lowest BCUT2D eigenvalue weighted by Gasteiger charge is -2.08. The number of hydrogen-bond acceptors (Lipinski definition) is 5. The maximum atomic E-state index is 10.5. The molecular formula is C15H15N3O3. The number of hydrogen-bond donors (Lipinski definition) is 0. The molecule has 2 aromatic rings. The third-order valence-electron chi connectivity index (χ3n) is 2.55. The highest BCUT2D eigenvalue weighted by Crippen LogP contribution is 2.23. The summed E-state index contributed by atoms with van der Waals surface area (Å²) in [5.41, 5.74) is 1.27. The van der Waals surface area contributed by atoms with Crippen molar-refractivity contribution < 1.29 is 9.66 Å². The molecule has 0 N–H and O–H groups in total. The quantitative estimate of drug-likeness (QED) is 0.450. The van der Waals surface area contributed by atoms with Gasteiger partial charge in [-0.1, -0.05) is 0 Å². The first-order chi connectivity index (χ1) is 10.0. The molecule has 0 aliphatic heterocycles. The number of rotatable bonds is 5. The van der Waals surface area contributed by atoms with Gasteiger partial charge in [0.1, 0.15) is 5.75 Å². The van der Waals surface area contributed by atoms with Gasteiger partial charge in [-0.25, -0.2) is 0 Å². The van der Waals surface area contributed by atoms with E-state index in [0.717, 1.165) is 5.75 Å². The summed E-state index contributed by atoms with van der Waals surface area (Å²) in [7, 11) is 0. The van der Waals surface area contributed by atoms with Crippen molar-refractivity contribution in [1.29, 1.82) is 0 Å². The van der Waals surface area contributed by atoms with E-state index in [9.17, 15) is 10.1 Å². The summed E-state index contributed by atoms with van der Waals surface area (Å²) >= 11 is 0. The normalized spacial score (nSPS) is 11.0. The Morgan fingerprint density at radius 3 is 1.86 bits per heavy atom. The van der Waals surface area contributed by atoms with E-state index in [4.69, 9.17) is 4.74 Å². The van der Waals surface area contributed by atoms with Crippen molar-refractivity contribution in [3.05, 3.63) is 58.6 Å². The first kappa shape index (κ1) is 14.6. The maximum Gasteiger partial charge on any atom is 0.269 e. The number of benzene rings is 2. The van der Waals surface area contributed by atoms with Crippen molar-refractivity contribution >= 4 is 17.1 Å². The topological polar surface area (TPSA) is 77.1 Å². The minimum Gasteiger partial charge on any atom is -0.491 e. The van der Waals surface area contributed by atoms with Gasteiger partial charge < -0.3 is 4.74 Å². The second-order valence-corrected chi connectivity index (χ2v) is 4.63. The van der Waals surface area contributed by atoms with Crippen LogP contribution in [0, 0.1) is 10.1 Å². The van der Waals surface area contributed by atoms with Crippen molar-refractivity contribution in [2.75, 3.05) is 0 Å². The Balaban J connectivity index is 2.05. The molecule has 0 spiro atoms. The predicted octanol–water partition coefficient (Wildman–Crippen LogP) is 4.80. The Kier molecular flexibility index (Phi) is 4.61. The number of nitro groups is 1. The highest BCUT2D eigenvalue weighted by molar-refractivity contribution is 5.45. The summed E-state index contributed by atoms with van der Waals surface area (Å²) in [5, 5.41) is 18.6. The molecule has 6 heteroatoms. The largest absolute Gasteiger partial charge is 0.491 e. The molecule has 2 aromatic carbocycles. The van der Waals surface area contributed by atoms with Crippen molar-refractivity contribution in [3.63, 3.8) is 0 Å². The van der Waals surface area contributed by atoms with Crippen molar-refractivity contribution in [2.45, 2.75) is 20.0 Å². The fourth-order valence-electron chi connectivity index (χ4n) is 1.62. The zero-order valence-electron chi connectivity index (χ0n) is 11.8. The van der Waals surface area contributed by atoms with Crippen LogP contribution in [0.3, 0.4) is 0 Å². The third kappa shape index (κ3) is 4.38. The molecular weight excluding hydrogens is 270 g/mol. The van der Waals surface area contributed by atoms with Crippen molar-refractivity contribution in [2.24, 2.45) is 10.2 Å². The molecule has 0 aliphatic carbocycles. The maximum absolute atomic E-state index is 10.5. The SMILES string of the molecule is CC(C)Oc1ccc(N=Nc2ccc([N+](=O)[O-])cc2)cc1. The van der Waals surface area contributed by atoms with Crippen LogP contribution in [0.15, 0.2) is 58.8 Å². The molecule has 21 heavy (non-hydrogen) atoms. The Hall–Kier alpha value is -2.76. The zero-order chi connectivity index (χ0) is 15.2. The van der Waals surface area contributed by atoms with Crippen LogP contribution in [0.25, 0.3) is 0 Å². The van der Waals surface area contributed by atoms with Crippen LogP contribution in [0.4, 0.5) is 17.1 Å². The molecule has 0 amide bonds. The second kappa shape index (κ2) is 6.60. The molecule has 0 fully saturated rings. The molecule has 2 rings (SSSR count). The number of nitro benzene ring substituents is 1. The van der Waals surface area contributed by atoms with Gasteiger partial charge in [0.15, 0.2) is 0 Å². The Labute approximate surface area is 122 Å². The van der Waals surface area contributed by atoms with Crippen LogP contribution >= 0.6 is 0 Å². The molecule has 0 unspecified atom stereocenters. The van der Waals surface area contributed by atoms with E-state index < -0.39 is 4.92 Å². The monoisotopic (exact) mass is 285 g/mol. The lowest BCUT2D eigenvalue weighted by Crippen LogP contribution is -2.04. The summed E-state index contributed by atoms with van der Waals surface area (Å²) in [6.45, 7) is 3.92. The van der Waals surface area contributed by atoms with E-state index in [-0.39, 0.29) is 11.8 Å². The molecule has 0 bridgehead atoms. The van der Waals surface area contributed by atoms with Gasteiger partial charge in [-0.05, 0) is 50.2 Å². The van der Waals surface area contributed by atoms with Crippen LogP contribution in [-0.4, -0.2) is 11.0 Å². The molecule has 0 aromatic heterocycles. The number of azo groups is 1. The average molecular weight is 285 g/mol. The summed E-state index contributed by atoms with van der Waals surface area (Å²) in [6.07, 6.45) is 0.123. The third-order valence-corrected chi connectivity index (χ3v) is 2.55. The molecule has 0 heterocycles. The highest BCUT2D eigenvalue weighted by atomic mass is 16.6. The van der Waals surface area contributed by atoms with Gasteiger partial charge in [0.25, 0.3) is 5.69 Å². The number of non-ortho nitro benzene ring substituents is 1. The van der Waals surface area contributed by atoms with E-state index in [0.29, 0.717) is 11.4 Å². The molecule has 0 saturated carbocycles. The summed E-state index contributed by atoms with van der Waals surface area (Å²) < 4.78 is 5.53. The van der Waals surface area contributed by atoms with Crippen molar-refractivity contribution in [1.82, 2.24) is 0 Å². The minimum absolute atomic E-state index is 0.0316. The summed E-state index contributed by atoms with van der Waals surface area (Å²) in [5.74, 6) is 0.777. The lowest BCUT2D eigenvalue weighted by molar-refractivity contribution is -0.384. The Morgan fingerprint density at radius 2 is 1.43 bits per heavy atom. The van der Waals surface area contributed by atoms with Gasteiger partial charge in [-0.3, -0.25) is 10.1 Å². The zero-order valence-corrected chi connectivity index (χ0v) is 11.8. The van der Waals surface area contributed by atoms with Crippen LogP contribution in [-0.2, 0) is 0 Å². The highest BCUT2D eigenvalue weighted by Gasteiger charge is 2.03. The smallest absolute Gasteiger partial charge is 0.269 e. The molecule has 6 nitrogen and oxygen atoms in total. The molecule has 0 saturated heterocycles. The molecule has 108 valence electrons. The summed E-state index contributed by atoms with van der Waals surface area (Å²) in [6, 6.07) is 13.1. The van der Waals surface area contributed by atoms with Crippen molar-refractivity contribution in [3.8, 4) is 5.75 Å². The van der Waals surface area contributed by atoms with Gasteiger partial charge in [0.05, 0.1) is 22.4 Å². The first-order valence-corrected chi connectivity index (χ1v) is 6.47. The Bertz CT molecular complexity index is 634. The van der Waals surface area contributed by atoms with Crippen LogP contribution < -0.4 is 4.74 Å². The summed E-state index contributed by atoms with van der Waals surface area (Å²) in [4.78, 5) is 10.1. The Morgan fingerprint density at radius 1 is 0.952 bits per heavy atom.